The molecule has 2 heterocycles. The van der Waals surface area contributed by atoms with Crippen molar-refractivity contribution in [1.82, 2.24) is 9.78 Å². The molecule has 2 aromatic carbocycles. The molecule has 0 N–H and O–H groups in total. The van der Waals surface area contributed by atoms with E-state index in [-0.39, 0.29) is 0 Å². The predicted molar refractivity (Wildman–Crippen MR) is 103 cm³/mol. The van der Waals surface area contributed by atoms with E-state index in [1.165, 1.54) is 0 Å². The van der Waals surface area contributed by atoms with Crippen molar-refractivity contribution < 1.29 is 9.05 Å². The molecule has 5 nitrogen and oxygen atoms in total. The summed E-state index contributed by atoms with van der Waals surface area (Å²) in [5.41, 5.74) is 2.56. The third-order valence-electron chi connectivity index (χ3n) is 3.95. The second kappa shape index (κ2) is 6.23. The molecular formula is C18H16N3O2PS. The van der Waals surface area contributed by atoms with Gasteiger partial charge < -0.3 is 9.05 Å². The fourth-order valence-electron chi connectivity index (χ4n) is 2.78. The van der Waals surface area contributed by atoms with E-state index >= 15 is 0 Å². The number of benzene rings is 2. The zero-order valence-electron chi connectivity index (χ0n) is 13.8. The zero-order valence-corrected chi connectivity index (χ0v) is 15.5. The topological polar surface area (TPSA) is 48.6 Å². The van der Waals surface area contributed by atoms with E-state index in [9.17, 15) is 0 Å². The maximum Gasteiger partial charge on any atom is 0.275 e. The van der Waals surface area contributed by atoms with Crippen molar-refractivity contribution in [2.45, 2.75) is 6.92 Å². The van der Waals surface area contributed by atoms with E-state index in [1.807, 2.05) is 67.6 Å². The molecule has 0 aliphatic carbocycles. The van der Waals surface area contributed by atoms with Gasteiger partial charge in [-0.25, -0.2) is 4.68 Å². The number of aryl methyl sites for hydroxylation is 1. The van der Waals surface area contributed by atoms with Gasteiger partial charge in [-0.2, -0.15) is 10.1 Å². The Morgan fingerprint density at radius 3 is 2.32 bits per heavy atom. The Morgan fingerprint density at radius 2 is 1.68 bits per heavy atom. The highest BCUT2D eigenvalue weighted by Gasteiger charge is 2.37. The lowest BCUT2D eigenvalue weighted by Crippen LogP contribution is -2.20. The van der Waals surface area contributed by atoms with E-state index in [0.29, 0.717) is 11.7 Å². The molecule has 1 aliphatic rings. The van der Waals surface area contributed by atoms with Gasteiger partial charge in [-0.15, -0.1) is 0 Å². The maximum atomic E-state index is 6.07. The van der Waals surface area contributed by atoms with Crippen LogP contribution in [-0.4, -0.2) is 22.8 Å². The standard InChI is InChI=1S/C18H16N3O2PS/c1-13-16-17(21(20-13)15-11-7-4-8-12-15)19-18(23-24(16,25)22-2)14-9-5-3-6-10-14/h3-12H,1-2H3. The Balaban J connectivity index is 1.98. The highest BCUT2D eigenvalue weighted by Crippen LogP contribution is 2.53. The molecule has 0 amide bonds. The number of nitrogens with zero attached hydrogens (tertiary/aromatic N) is 3. The highest BCUT2D eigenvalue weighted by atomic mass is 32.5. The SMILES string of the molecule is COP1(=S)OC(c2ccccc2)=Nc2c1c(C)nn2-c1ccccc1. The van der Waals surface area contributed by atoms with Crippen LogP contribution in [0.2, 0.25) is 0 Å². The van der Waals surface area contributed by atoms with Crippen LogP contribution in [0.3, 0.4) is 0 Å². The minimum Gasteiger partial charge on any atom is -0.421 e. The number of hydrogen-bond donors (Lipinski definition) is 0. The third-order valence-corrected chi connectivity index (χ3v) is 7.14. The molecule has 0 fully saturated rings. The molecule has 0 bridgehead atoms. The molecule has 1 aromatic heterocycles. The van der Waals surface area contributed by atoms with Gasteiger partial charge in [-0.3, -0.25) is 0 Å². The van der Waals surface area contributed by atoms with Crippen LogP contribution in [0.5, 0.6) is 0 Å². The molecule has 0 saturated carbocycles. The number of para-hydroxylation sites is 1. The summed E-state index contributed by atoms with van der Waals surface area (Å²) in [4.78, 5) is 4.73. The van der Waals surface area contributed by atoms with Crippen LogP contribution in [0.1, 0.15) is 11.3 Å². The Hall–Kier alpha value is -2.27. The van der Waals surface area contributed by atoms with Crippen molar-refractivity contribution in [1.29, 1.82) is 0 Å². The Labute approximate surface area is 151 Å². The summed E-state index contributed by atoms with van der Waals surface area (Å²) in [7, 11) is 1.58. The minimum atomic E-state index is -2.72. The van der Waals surface area contributed by atoms with E-state index < -0.39 is 6.49 Å². The monoisotopic (exact) mass is 369 g/mol. The highest BCUT2D eigenvalue weighted by molar-refractivity contribution is 8.13. The molecule has 1 aliphatic heterocycles. The first-order valence-electron chi connectivity index (χ1n) is 7.77. The van der Waals surface area contributed by atoms with Crippen LogP contribution < -0.4 is 5.30 Å². The van der Waals surface area contributed by atoms with Crippen molar-refractivity contribution in [3.8, 4) is 5.69 Å². The third kappa shape index (κ3) is 2.72. The number of aromatic nitrogens is 2. The van der Waals surface area contributed by atoms with Crippen molar-refractivity contribution in [3.05, 3.63) is 71.9 Å². The second-order valence-electron chi connectivity index (χ2n) is 5.56. The van der Waals surface area contributed by atoms with E-state index in [0.717, 1.165) is 22.2 Å². The van der Waals surface area contributed by atoms with Gasteiger partial charge in [0.15, 0.2) is 5.82 Å². The average Bonchev–Trinajstić information content (AvgIpc) is 3.00. The van der Waals surface area contributed by atoms with Gasteiger partial charge in [0.05, 0.1) is 11.4 Å². The van der Waals surface area contributed by atoms with Gasteiger partial charge in [0.25, 0.3) is 6.49 Å². The summed E-state index contributed by atoms with van der Waals surface area (Å²) < 4.78 is 13.5. The first-order valence-corrected chi connectivity index (χ1v) is 10.4. The maximum absolute atomic E-state index is 6.07. The van der Waals surface area contributed by atoms with Crippen LogP contribution >= 0.6 is 6.49 Å². The number of fused-ring (bicyclic) bond motifs is 1. The Kier molecular flexibility index (Phi) is 4.04. The van der Waals surface area contributed by atoms with Gasteiger partial charge in [-0.1, -0.05) is 36.4 Å². The van der Waals surface area contributed by atoms with E-state index in [1.54, 1.807) is 11.8 Å². The molecule has 0 radical (unpaired) electrons. The summed E-state index contributed by atoms with van der Waals surface area (Å²) in [5.74, 6) is 1.15. The molecule has 126 valence electrons. The molecule has 3 aromatic rings. The summed E-state index contributed by atoms with van der Waals surface area (Å²) in [6, 6.07) is 19.6. The Bertz CT molecular complexity index is 1000. The summed E-state index contributed by atoms with van der Waals surface area (Å²) in [5, 5.41) is 5.42. The van der Waals surface area contributed by atoms with Crippen molar-refractivity contribution >= 4 is 35.3 Å². The lowest BCUT2D eigenvalue weighted by Gasteiger charge is -2.26. The van der Waals surface area contributed by atoms with Crippen LogP contribution in [0.15, 0.2) is 65.7 Å². The van der Waals surface area contributed by atoms with Crippen molar-refractivity contribution in [2.24, 2.45) is 4.99 Å². The van der Waals surface area contributed by atoms with Gasteiger partial charge in [-0.05, 0) is 43.0 Å². The van der Waals surface area contributed by atoms with Gasteiger partial charge >= 0.3 is 0 Å². The molecule has 7 heteroatoms. The van der Waals surface area contributed by atoms with Crippen LogP contribution in [0, 0.1) is 6.92 Å². The molecule has 1 unspecified atom stereocenters. The molecule has 1 atom stereocenters. The largest absolute Gasteiger partial charge is 0.421 e. The van der Waals surface area contributed by atoms with Crippen LogP contribution in [-0.2, 0) is 20.9 Å². The zero-order chi connectivity index (χ0) is 17.4. The number of rotatable bonds is 3. The Morgan fingerprint density at radius 1 is 1.04 bits per heavy atom. The first kappa shape index (κ1) is 16.2. The lowest BCUT2D eigenvalue weighted by molar-refractivity contribution is 0.398. The molecule has 0 saturated heterocycles. The van der Waals surface area contributed by atoms with E-state index in [2.05, 4.69) is 5.10 Å². The normalized spacial score (nSPS) is 19.0. The summed E-state index contributed by atoms with van der Waals surface area (Å²) in [6.07, 6.45) is 0. The quantitative estimate of drug-likeness (QED) is 0.658. The smallest absolute Gasteiger partial charge is 0.275 e. The number of hydrogen-bond acceptors (Lipinski definition) is 5. The fourth-order valence-corrected chi connectivity index (χ4v) is 5.19. The van der Waals surface area contributed by atoms with Crippen LogP contribution in [0.4, 0.5) is 5.82 Å². The van der Waals surface area contributed by atoms with Gasteiger partial charge in [0.2, 0.25) is 5.90 Å². The summed E-state index contributed by atoms with van der Waals surface area (Å²) in [6.45, 7) is -0.816. The number of aliphatic imine (C=N–C) groups is 1. The van der Waals surface area contributed by atoms with Gasteiger partial charge in [0, 0.05) is 12.7 Å². The van der Waals surface area contributed by atoms with Crippen molar-refractivity contribution in [3.63, 3.8) is 0 Å². The van der Waals surface area contributed by atoms with Gasteiger partial charge in [0.1, 0.15) is 5.30 Å². The van der Waals surface area contributed by atoms with Crippen LogP contribution in [0.25, 0.3) is 5.69 Å². The molecule has 25 heavy (non-hydrogen) atoms. The second-order valence-corrected chi connectivity index (χ2v) is 8.99. The molecule has 0 spiro atoms. The summed E-state index contributed by atoms with van der Waals surface area (Å²) >= 11 is 5.77. The first-order chi connectivity index (χ1) is 12.1. The predicted octanol–water partition coefficient (Wildman–Crippen LogP) is 3.87. The molecule has 4 rings (SSSR count). The van der Waals surface area contributed by atoms with E-state index in [4.69, 9.17) is 25.8 Å². The fraction of sp³-hybridized carbons (Fsp3) is 0.111. The minimum absolute atomic E-state index is 0.468. The average molecular weight is 369 g/mol. The lowest BCUT2D eigenvalue weighted by atomic mass is 10.2. The molecular weight excluding hydrogens is 353 g/mol. The van der Waals surface area contributed by atoms with Crippen molar-refractivity contribution in [2.75, 3.05) is 7.11 Å².